The Morgan fingerprint density at radius 2 is 1.79 bits per heavy atom. The van der Waals surface area contributed by atoms with Crippen LogP contribution in [0.5, 0.6) is 0 Å². The van der Waals surface area contributed by atoms with Crippen molar-refractivity contribution < 1.29 is 9.21 Å². The molecule has 0 saturated carbocycles. The molecule has 6 nitrogen and oxygen atoms in total. The Hall–Kier alpha value is -2.86. The number of para-hydroxylation sites is 1. The van der Waals surface area contributed by atoms with E-state index in [0.29, 0.717) is 23.9 Å². The van der Waals surface area contributed by atoms with Gasteiger partial charge in [0.2, 0.25) is 11.8 Å². The van der Waals surface area contributed by atoms with Crippen molar-refractivity contribution >= 4 is 23.2 Å². The van der Waals surface area contributed by atoms with Crippen molar-refractivity contribution in [3.63, 3.8) is 0 Å². The lowest BCUT2D eigenvalue weighted by atomic mass is 10.1. The van der Waals surface area contributed by atoms with E-state index in [1.54, 1.807) is 6.92 Å². The highest BCUT2D eigenvalue weighted by Gasteiger charge is 2.21. The summed E-state index contributed by atoms with van der Waals surface area (Å²) >= 11 is 6.33. The van der Waals surface area contributed by atoms with Crippen LogP contribution in [-0.2, 0) is 0 Å². The molecule has 1 saturated heterocycles. The molecule has 3 aromatic rings. The summed E-state index contributed by atoms with van der Waals surface area (Å²) in [7, 11) is 0. The minimum absolute atomic E-state index is 0.0364. The predicted molar refractivity (Wildman–Crippen MR) is 109 cm³/mol. The van der Waals surface area contributed by atoms with Gasteiger partial charge in [0.25, 0.3) is 5.91 Å². The van der Waals surface area contributed by atoms with Crippen LogP contribution in [0.3, 0.4) is 0 Å². The Balaban J connectivity index is 1.44. The predicted octanol–water partition coefficient (Wildman–Crippen LogP) is 4.05. The summed E-state index contributed by atoms with van der Waals surface area (Å²) in [6, 6.07) is 15.2. The molecule has 1 aliphatic rings. The maximum atomic E-state index is 12.9. The van der Waals surface area contributed by atoms with E-state index in [2.05, 4.69) is 15.1 Å². The second-order valence-corrected chi connectivity index (χ2v) is 7.19. The fourth-order valence-corrected chi connectivity index (χ4v) is 3.68. The quantitative estimate of drug-likeness (QED) is 0.668. The average Bonchev–Trinajstić information content (AvgIpc) is 3.00. The summed E-state index contributed by atoms with van der Waals surface area (Å²) < 4.78 is 5.43. The van der Waals surface area contributed by atoms with Crippen molar-refractivity contribution in [1.82, 2.24) is 15.1 Å². The SMILES string of the molecule is Cc1nnc(-c2ccc(C(=O)N3CCCN(c4ccccc4Cl)CC3)cc2)o1. The topological polar surface area (TPSA) is 62.5 Å². The fourth-order valence-electron chi connectivity index (χ4n) is 3.42. The van der Waals surface area contributed by atoms with Crippen molar-refractivity contribution in [2.45, 2.75) is 13.3 Å². The Labute approximate surface area is 168 Å². The van der Waals surface area contributed by atoms with Crippen LogP contribution in [0.1, 0.15) is 22.7 Å². The third-order valence-corrected chi connectivity index (χ3v) is 5.20. The molecule has 1 fully saturated rings. The maximum Gasteiger partial charge on any atom is 0.253 e. The van der Waals surface area contributed by atoms with E-state index < -0.39 is 0 Å². The van der Waals surface area contributed by atoms with Crippen LogP contribution in [0.2, 0.25) is 5.02 Å². The van der Waals surface area contributed by atoms with Crippen LogP contribution in [0.15, 0.2) is 52.9 Å². The molecular weight excluding hydrogens is 376 g/mol. The van der Waals surface area contributed by atoms with Gasteiger partial charge in [-0.25, -0.2) is 0 Å². The largest absolute Gasteiger partial charge is 0.421 e. The first-order chi connectivity index (χ1) is 13.6. The summed E-state index contributed by atoms with van der Waals surface area (Å²) in [5.41, 5.74) is 2.49. The van der Waals surface area contributed by atoms with Gasteiger partial charge in [-0.2, -0.15) is 0 Å². The molecule has 0 N–H and O–H groups in total. The number of aromatic nitrogens is 2. The highest BCUT2D eigenvalue weighted by Crippen LogP contribution is 2.26. The average molecular weight is 397 g/mol. The first kappa shape index (κ1) is 18.5. The molecule has 0 bridgehead atoms. The molecule has 144 valence electrons. The lowest BCUT2D eigenvalue weighted by Crippen LogP contribution is -2.35. The van der Waals surface area contributed by atoms with E-state index in [9.17, 15) is 4.79 Å². The minimum atomic E-state index is 0.0364. The number of benzene rings is 2. The second-order valence-electron chi connectivity index (χ2n) is 6.79. The summed E-state index contributed by atoms with van der Waals surface area (Å²) in [5.74, 6) is 1.01. The van der Waals surface area contributed by atoms with Crippen LogP contribution in [0, 0.1) is 6.92 Å². The van der Waals surface area contributed by atoms with Crippen molar-refractivity contribution in [3.05, 3.63) is 65.0 Å². The molecule has 2 aromatic carbocycles. The van der Waals surface area contributed by atoms with E-state index in [1.165, 1.54) is 0 Å². The van der Waals surface area contributed by atoms with Gasteiger partial charge in [-0.3, -0.25) is 4.79 Å². The fraction of sp³-hybridized carbons (Fsp3) is 0.286. The third kappa shape index (κ3) is 3.87. The Morgan fingerprint density at radius 3 is 2.50 bits per heavy atom. The van der Waals surface area contributed by atoms with Crippen molar-refractivity contribution in [3.8, 4) is 11.5 Å². The number of halogens is 1. The lowest BCUT2D eigenvalue weighted by molar-refractivity contribution is 0.0767. The number of carbonyl (C=O) groups excluding carboxylic acids is 1. The molecule has 0 radical (unpaired) electrons. The monoisotopic (exact) mass is 396 g/mol. The molecule has 4 rings (SSSR count). The molecule has 0 unspecified atom stereocenters. The molecule has 0 atom stereocenters. The summed E-state index contributed by atoms with van der Waals surface area (Å²) in [4.78, 5) is 17.1. The Kier molecular flexibility index (Phi) is 5.30. The molecular formula is C21H21ClN4O2. The van der Waals surface area contributed by atoms with E-state index in [0.717, 1.165) is 42.3 Å². The normalized spacial score (nSPS) is 14.8. The van der Waals surface area contributed by atoms with Crippen LogP contribution >= 0.6 is 11.6 Å². The first-order valence-electron chi connectivity index (χ1n) is 9.31. The van der Waals surface area contributed by atoms with Gasteiger partial charge < -0.3 is 14.2 Å². The molecule has 1 aromatic heterocycles. The van der Waals surface area contributed by atoms with Gasteiger partial charge in [-0.05, 0) is 42.8 Å². The zero-order chi connectivity index (χ0) is 19.5. The molecule has 0 aliphatic carbocycles. The van der Waals surface area contributed by atoms with Gasteiger partial charge in [0, 0.05) is 44.2 Å². The van der Waals surface area contributed by atoms with Crippen LogP contribution in [0.25, 0.3) is 11.5 Å². The van der Waals surface area contributed by atoms with Gasteiger partial charge in [-0.1, -0.05) is 23.7 Å². The van der Waals surface area contributed by atoms with E-state index in [4.69, 9.17) is 16.0 Å². The van der Waals surface area contributed by atoms with Gasteiger partial charge >= 0.3 is 0 Å². The van der Waals surface area contributed by atoms with Gasteiger partial charge in [0.15, 0.2) is 0 Å². The molecule has 1 amide bonds. The van der Waals surface area contributed by atoms with Crippen LogP contribution in [0.4, 0.5) is 5.69 Å². The van der Waals surface area contributed by atoms with Gasteiger partial charge in [-0.15, -0.1) is 10.2 Å². The molecule has 0 spiro atoms. The number of rotatable bonds is 3. The number of amides is 1. The standard InChI is InChI=1S/C21H21ClN4O2/c1-15-23-24-20(28-15)16-7-9-17(10-8-16)21(27)26-12-4-11-25(13-14-26)19-6-3-2-5-18(19)22/h2-3,5-10H,4,11-14H2,1H3. The first-order valence-corrected chi connectivity index (χ1v) is 9.69. The molecule has 1 aliphatic heterocycles. The van der Waals surface area contributed by atoms with Crippen LogP contribution in [-0.4, -0.2) is 47.2 Å². The van der Waals surface area contributed by atoms with Crippen molar-refractivity contribution in [2.24, 2.45) is 0 Å². The summed E-state index contributed by atoms with van der Waals surface area (Å²) in [6.45, 7) is 4.77. The molecule has 7 heteroatoms. The highest BCUT2D eigenvalue weighted by molar-refractivity contribution is 6.33. The van der Waals surface area contributed by atoms with Gasteiger partial charge in [0.05, 0.1) is 10.7 Å². The Bertz CT molecular complexity index is 971. The number of carbonyl (C=O) groups is 1. The number of nitrogens with zero attached hydrogens (tertiary/aromatic N) is 4. The van der Waals surface area contributed by atoms with E-state index >= 15 is 0 Å². The van der Waals surface area contributed by atoms with Gasteiger partial charge in [0.1, 0.15) is 0 Å². The van der Waals surface area contributed by atoms with Crippen LogP contribution < -0.4 is 4.90 Å². The van der Waals surface area contributed by atoms with Crippen molar-refractivity contribution in [2.75, 3.05) is 31.1 Å². The zero-order valence-electron chi connectivity index (χ0n) is 15.6. The highest BCUT2D eigenvalue weighted by atomic mass is 35.5. The summed E-state index contributed by atoms with van der Waals surface area (Å²) in [5, 5.41) is 8.59. The maximum absolute atomic E-state index is 12.9. The Morgan fingerprint density at radius 1 is 1.00 bits per heavy atom. The van der Waals surface area contributed by atoms with E-state index in [-0.39, 0.29) is 5.91 Å². The third-order valence-electron chi connectivity index (χ3n) is 4.88. The number of hydrogen-bond acceptors (Lipinski definition) is 5. The number of aryl methyl sites for hydroxylation is 1. The summed E-state index contributed by atoms with van der Waals surface area (Å²) in [6.07, 6.45) is 0.899. The molecule has 28 heavy (non-hydrogen) atoms. The lowest BCUT2D eigenvalue weighted by Gasteiger charge is -2.24. The molecule has 2 heterocycles. The smallest absolute Gasteiger partial charge is 0.253 e. The second kappa shape index (κ2) is 8.02. The zero-order valence-corrected chi connectivity index (χ0v) is 16.4. The van der Waals surface area contributed by atoms with Crippen molar-refractivity contribution in [1.29, 1.82) is 0 Å². The number of anilines is 1. The van der Waals surface area contributed by atoms with E-state index in [1.807, 2.05) is 53.4 Å². The minimum Gasteiger partial charge on any atom is -0.421 e. The number of hydrogen-bond donors (Lipinski definition) is 0.